The zero-order chi connectivity index (χ0) is 26.3. The van der Waals surface area contributed by atoms with Gasteiger partial charge in [0, 0.05) is 0 Å². The summed E-state index contributed by atoms with van der Waals surface area (Å²) in [5.74, 6) is 0.587. The fourth-order valence-corrected chi connectivity index (χ4v) is 5.48. The maximum atomic E-state index is 3.69. The summed E-state index contributed by atoms with van der Waals surface area (Å²) in [4.78, 5) is 0. The fraction of sp³-hybridized carbons (Fsp3) is 0.543. The number of aryl methyl sites for hydroxylation is 2. The maximum absolute atomic E-state index is 3.69. The molecule has 0 aliphatic heterocycles. The first-order chi connectivity index (χ1) is 16.0. The molecular formula is C35H48Cl2Zr. The van der Waals surface area contributed by atoms with Gasteiger partial charge in [-0.05, 0) is 35.4 Å². The molecule has 0 nitrogen and oxygen atoms in total. The van der Waals surface area contributed by atoms with E-state index in [2.05, 4.69) is 126 Å². The molecule has 0 heterocycles. The van der Waals surface area contributed by atoms with E-state index in [1.807, 2.05) is 0 Å². The third-order valence-electron chi connectivity index (χ3n) is 7.38. The van der Waals surface area contributed by atoms with Gasteiger partial charge in [0.2, 0.25) is 0 Å². The number of hydrogen-bond acceptors (Lipinski definition) is 0. The average Bonchev–Trinajstić information content (AvgIpc) is 3.29. The van der Waals surface area contributed by atoms with Gasteiger partial charge in [0.05, 0.1) is 0 Å². The van der Waals surface area contributed by atoms with E-state index in [4.69, 9.17) is 0 Å². The van der Waals surface area contributed by atoms with E-state index in [0.717, 1.165) is 6.42 Å². The molecule has 1 unspecified atom stereocenters. The van der Waals surface area contributed by atoms with Crippen LogP contribution in [0.25, 0.3) is 11.1 Å². The van der Waals surface area contributed by atoms with Crippen LogP contribution in [0.15, 0.2) is 35.9 Å². The van der Waals surface area contributed by atoms with Crippen LogP contribution < -0.4 is 24.8 Å². The largest absolute Gasteiger partial charge is 4.00 e. The van der Waals surface area contributed by atoms with Gasteiger partial charge in [0.25, 0.3) is 0 Å². The van der Waals surface area contributed by atoms with Gasteiger partial charge in [-0.3, -0.25) is 6.08 Å². The van der Waals surface area contributed by atoms with E-state index in [1.165, 1.54) is 62.9 Å². The topological polar surface area (TPSA) is 0 Å². The number of allylic oxidation sites excluding steroid dienone is 4. The third kappa shape index (κ3) is 8.69. The van der Waals surface area contributed by atoms with Crippen molar-refractivity contribution in [3.8, 4) is 11.1 Å². The Morgan fingerprint density at radius 3 is 1.82 bits per heavy atom. The molecule has 0 fully saturated rings. The van der Waals surface area contributed by atoms with Crippen LogP contribution in [0.4, 0.5) is 0 Å². The molecule has 0 N–H and O–H groups in total. The summed E-state index contributed by atoms with van der Waals surface area (Å²) in [5.41, 5.74) is 13.4. The summed E-state index contributed by atoms with van der Waals surface area (Å²) in [5, 5.41) is 0. The summed E-state index contributed by atoms with van der Waals surface area (Å²) in [7, 11) is 0. The first-order valence-corrected chi connectivity index (χ1v) is 13.5. The molecule has 3 heteroatoms. The third-order valence-corrected chi connectivity index (χ3v) is 7.38. The molecule has 2 aromatic rings. The molecule has 38 heavy (non-hydrogen) atoms. The summed E-state index contributed by atoms with van der Waals surface area (Å²) in [6.07, 6.45) is 11.5. The molecule has 0 saturated heterocycles. The normalized spacial score (nSPS) is 15.7. The quantitative estimate of drug-likeness (QED) is 0.376. The molecule has 0 saturated carbocycles. The van der Waals surface area contributed by atoms with Crippen molar-refractivity contribution in [1.29, 1.82) is 0 Å². The van der Waals surface area contributed by atoms with Gasteiger partial charge >= 0.3 is 26.2 Å². The van der Waals surface area contributed by atoms with Gasteiger partial charge in [0.1, 0.15) is 0 Å². The Morgan fingerprint density at radius 1 is 0.789 bits per heavy atom. The summed E-state index contributed by atoms with van der Waals surface area (Å²) in [6.45, 7) is 27.2. The van der Waals surface area contributed by atoms with Crippen LogP contribution >= 0.6 is 0 Å². The van der Waals surface area contributed by atoms with Crippen LogP contribution in [0.3, 0.4) is 0 Å². The summed E-state index contributed by atoms with van der Waals surface area (Å²) < 4.78 is 0. The molecular weight excluding hydrogens is 583 g/mol. The van der Waals surface area contributed by atoms with E-state index in [0.29, 0.717) is 11.3 Å². The molecule has 2 aliphatic rings. The van der Waals surface area contributed by atoms with Crippen molar-refractivity contribution in [2.45, 2.75) is 113 Å². The van der Waals surface area contributed by atoms with Gasteiger partial charge < -0.3 is 24.8 Å². The molecule has 206 valence electrons. The van der Waals surface area contributed by atoms with Crippen molar-refractivity contribution in [2.75, 3.05) is 0 Å². The minimum Gasteiger partial charge on any atom is -1.00 e. The van der Waals surface area contributed by atoms with Crippen molar-refractivity contribution in [2.24, 2.45) is 11.3 Å². The Morgan fingerprint density at radius 2 is 1.34 bits per heavy atom. The first-order valence-electron chi connectivity index (χ1n) is 13.5. The van der Waals surface area contributed by atoms with Crippen LogP contribution in [-0.2, 0) is 43.5 Å². The second kappa shape index (κ2) is 13.8. The second-order valence-corrected chi connectivity index (χ2v) is 13.8. The van der Waals surface area contributed by atoms with Gasteiger partial charge in [-0.15, -0.1) is 16.7 Å². The Kier molecular flexibility index (Phi) is 13.6. The van der Waals surface area contributed by atoms with Crippen LogP contribution in [0, 0.1) is 37.3 Å². The SMILES string of the molecule is CCCC1[C-]=CC(C(C)(C)C)=C1.Cc1[c-]c2c(cc1C(C)(C)C)-c1cc(C(C)(C)C)c(C)cc1C2.[Cl-].[Cl-].[Zr+4]. The molecule has 0 spiro atoms. The van der Waals surface area contributed by atoms with E-state index in [-0.39, 0.29) is 61.8 Å². The predicted molar refractivity (Wildman–Crippen MR) is 154 cm³/mol. The molecule has 2 aliphatic carbocycles. The Labute approximate surface area is 266 Å². The second-order valence-electron chi connectivity index (χ2n) is 13.8. The summed E-state index contributed by atoms with van der Waals surface area (Å²) in [6, 6.07) is 10.9. The molecule has 4 rings (SSSR count). The van der Waals surface area contributed by atoms with Gasteiger partial charge in [0.15, 0.2) is 0 Å². The van der Waals surface area contributed by atoms with Crippen LogP contribution in [-0.4, -0.2) is 0 Å². The molecule has 0 bridgehead atoms. The first kappa shape index (κ1) is 37.4. The van der Waals surface area contributed by atoms with Gasteiger partial charge in [-0.25, -0.2) is 6.08 Å². The minimum absolute atomic E-state index is 0. The molecule has 1 atom stereocenters. The zero-order valence-corrected chi connectivity index (χ0v) is 29.8. The molecule has 0 radical (unpaired) electrons. The van der Waals surface area contributed by atoms with Crippen molar-refractivity contribution < 1.29 is 51.0 Å². The minimum atomic E-state index is 0. The predicted octanol–water partition coefficient (Wildman–Crippen LogP) is 4.02. The zero-order valence-electron chi connectivity index (χ0n) is 25.8. The van der Waals surface area contributed by atoms with E-state index < -0.39 is 0 Å². The smallest absolute Gasteiger partial charge is 1.00 e. The van der Waals surface area contributed by atoms with Gasteiger partial charge in [-0.1, -0.05) is 123 Å². The number of hydrogen-bond donors (Lipinski definition) is 0. The molecule has 2 aromatic carbocycles. The number of rotatable bonds is 2. The van der Waals surface area contributed by atoms with Gasteiger partial charge in [-0.2, -0.15) is 29.3 Å². The Hall–Kier alpha value is -0.617. The van der Waals surface area contributed by atoms with Crippen LogP contribution in [0.2, 0.25) is 0 Å². The molecule has 0 aromatic heterocycles. The maximum Gasteiger partial charge on any atom is 4.00 e. The average molecular weight is 631 g/mol. The van der Waals surface area contributed by atoms with Crippen molar-refractivity contribution in [1.82, 2.24) is 0 Å². The van der Waals surface area contributed by atoms with Crippen LogP contribution in [0.1, 0.15) is 115 Å². The standard InChI is InChI=1S/C23H29.C12H19.2ClH.Zr/c1-14-9-16-11-17-10-15(2)21(23(6,7)8)13-19(17)18(16)12-20(14)22(3,4)5;1-5-6-10-7-8-11(9-10)12(2,3)4;;;/h9,12-13H,11H2,1-8H3;8-10H,5-6H2,1-4H3;2*1H;/q2*-1;;;+4/p-2. The van der Waals surface area contributed by atoms with Crippen molar-refractivity contribution in [3.63, 3.8) is 0 Å². The Balaban J connectivity index is 0.000000787. The van der Waals surface area contributed by atoms with E-state index in [9.17, 15) is 0 Å². The van der Waals surface area contributed by atoms with Crippen molar-refractivity contribution >= 4 is 0 Å². The van der Waals surface area contributed by atoms with Crippen LogP contribution in [0.5, 0.6) is 0 Å². The number of benzene rings is 2. The number of halogens is 2. The molecule has 0 amide bonds. The van der Waals surface area contributed by atoms with Crippen molar-refractivity contribution in [3.05, 3.63) is 81.4 Å². The summed E-state index contributed by atoms with van der Waals surface area (Å²) >= 11 is 0. The monoisotopic (exact) mass is 628 g/mol. The fourth-order valence-electron chi connectivity index (χ4n) is 5.48. The Bertz CT molecular complexity index is 1080. The van der Waals surface area contributed by atoms with E-state index in [1.54, 1.807) is 0 Å². The van der Waals surface area contributed by atoms with E-state index >= 15 is 0 Å². The number of fused-ring (bicyclic) bond motifs is 3.